The number of esters is 2. The van der Waals surface area contributed by atoms with Gasteiger partial charge in [0.25, 0.3) is 0 Å². The second kappa shape index (κ2) is 7.06. The van der Waals surface area contributed by atoms with E-state index in [0.717, 1.165) is 0 Å². The van der Waals surface area contributed by atoms with Gasteiger partial charge in [0, 0.05) is 12.8 Å². The largest absolute Gasteiger partial charge is 0.469 e. The third-order valence-electron chi connectivity index (χ3n) is 1.64. The average Bonchev–Trinajstić information content (AvgIpc) is 2.15. The molecule has 0 aromatic carbocycles. The monoisotopic (exact) mass is 202 g/mol. The third kappa shape index (κ3) is 6.16. The summed E-state index contributed by atoms with van der Waals surface area (Å²) in [4.78, 5) is 31.7. The van der Waals surface area contributed by atoms with Crippen LogP contribution in [0.15, 0.2) is 0 Å². The minimum absolute atomic E-state index is 0.0290. The highest BCUT2D eigenvalue weighted by molar-refractivity contribution is 5.73. The van der Waals surface area contributed by atoms with Crippen LogP contribution in [0.1, 0.15) is 19.8 Å². The third-order valence-corrected chi connectivity index (χ3v) is 1.64. The summed E-state index contributed by atoms with van der Waals surface area (Å²) >= 11 is 0. The van der Waals surface area contributed by atoms with Crippen molar-refractivity contribution in [2.24, 2.45) is 5.92 Å². The van der Waals surface area contributed by atoms with E-state index in [1.807, 2.05) is 0 Å². The summed E-state index contributed by atoms with van der Waals surface area (Å²) < 4.78 is 9.04. The summed E-state index contributed by atoms with van der Waals surface area (Å²) in [6, 6.07) is 0. The zero-order valence-electron chi connectivity index (χ0n) is 8.32. The first-order chi connectivity index (χ1) is 6.60. The van der Waals surface area contributed by atoms with Crippen LogP contribution in [0.25, 0.3) is 0 Å². The maximum Gasteiger partial charge on any atom is 0.306 e. The molecule has 0 aromatic rings. The number of carbonyl (C=O) groups is 3. The Morgan fingerprint density at radius 2 is 2.07 bits per heavy atom. The Balaban J connectivity index is 3.74. The second-order valence-electron chi connectivity index (χ2n) is 2.81. The van der Waals surface area contributed by atoms with Crippen molar-refractivity contribution in [2.75, 3.05) is 13.7 Å². The summed E-state index contributed by atoms with van der Waals surface area (Å²) in [5.74, 6) is -1.28. The molecule has 0 aliphatic rings. The van der Waals surface area contributed by atoms with Gasteiger partial charge in [-0.05, 0) is 6.42 Å². The highest BCUT2D eigenvalue weighted by Crippen LogP contribution is 2.06. The van der Waals surface area contributed by atoms with E-state index < -0.39 is 17.9 Å². The molecule has 0 radical (unpaired) electrons. The Morgan fingerprint density at radius 1 is 1.43 bits per heavy atom. The van der Waals surface area contributed by atoms with E-state index in [9.17, 15) is 14.4 Å². The number of hydrogen-bond acceptors (Lipinski definition) is 5. The van der Waals surface area contributed by atoms with Crippen molar-refractivity contribution in [3.8, 4) is 0 Å². The number of rotatable bonds is 6. The molecule has 0 amide bonds. The van der Waals surface area contributed by atoms with Gasteiger partial charge in [0.05, 0.1) is 20.1 Å². The van der Waals surface area contributed by atoms with Crippen LogP contribution < -0.4 is 0 Å². The molecule has 0 aliphatic carbocycles. The van der Waals surface area contributed by atoms with Gasteiger partial charge < -0.3 is 14.3 Å². The molecule has 14 heavy (non-hydrogen) atoms. The van der Waals surface area contributed by atoms with Gasteiger partial charge in [0.1, 0.15) is 6.29 Å². The van der Waals surface area contributed by atoms with Gasteiger partial charge in [-0.2, -0.15) is 0 Å². The van der Waals surface area contributed by atoms with Crippen molar-refractivity contribution >= 4 is 18.2 Å². The van der Waals surface area contributed by atoms with Gasteiger partial charge in [-0.3, -0.25) is 9.59 Å². The van der Waals surface area contributed by atoms with Crippen molar-refractivity contribution in [3.05, 3.63) is 0 Å². The summed E-state index contributed by atoms with van der Waals surface area (Å²) in [6.45, 7) is 1.44. The van der Waals surface area contributed by atoms with Crippen LogP contribution in [0.5, 0.6) is 0 Å². The molecule has 80 valence electrons. The van der Waals surface area contributed by atoms with Crippen LogP contribution in [0.3, 0.4) is 0 Å². The Labute approximate surface area is 82.4 Å². The summed E-state index contributed by atoms with van der Waals surface area (Å²) in [7, 11) is 1.26. The molecule has 0 aliphatic heterocycles. The normalized spacial score (nSPS) is 11.6. The number of carbonyl (C=O) groups excluding carboxylic acids is 3. The maximum atomic E-state index is 10.8. The molecule has 0 heterocycles. The van der Waals surface area contributed by atoms with E-state index >= 15 is 0 Å². The van der Waals surface area contributed by atoms with Crippen LogP contribution >= 0.6 is 0 Å². The average molecular weight is 202 g/mol. The van der Waals surface area contributed by atoms with Gasteiger partial charge >= 0.3 is 11.9 Å². The molecule has 0 bridgehead atoms. The van der Waals surface area contributed by atoms with Crippen LogP contribution in [0, 0.1) is 5.92 Å². The molecular formula is C9H14O5. The lowest BCUT2D eigenvalue weighted by Crippen LogP contribution is -2.14. The lowest BCUT2D eigenvalue weighted by Gasteiger charge is -2.08. The fourth-order valence-corrected chi connectivity index (χ4v) is 0.870. The number of methoxy groups -OCH3 is 1. The molecule has 0 spiro atoms. The van der Waals surface area contributed by atoms with E-state index in [1.165, 1.54) is 14.0 Å². The first-order valence-corrected chi connectivity index (χ1v) is 4.25. The molecule has 1 unspecified atom stereocenters. The molecule has 0 saturated heterocycles. The van der Waals surface area contributed by atoms with Gasteiger partial charge in [0.15, 0.2) is 0 Å². The quantitative estimate of drug-likeness (QED) is 0.458. The summed E-state index contributed by atoms with van der Waals surface area (Å²) in [6.07, 6.45) is 1.04. The summed E-state index contributed by atoms with van der Waals surface area (Å²) in [5.41, 5.74) is 0. The topological polar surface area (TPSA) is 69.7 Å². The van der Waals surface area contributed by atoms with Gasteiger partial charge in [-0.1, -0.05) is 0 Å². The molecule has 5 nitrogen and oxygen atoms in total. The van der Waals surface area contributed by atoms with Crippen LogP contribution in [-0.4, -0.2) is 31.9 Å². The second-order valence-corrected chi connectivity index (χ2v) is 2.81. The Bertz CT molecular complexity index is 211. The fraction of sp³-hybridized carbons (Fsp3) is 0.667. The molecule has 0 fully saturated rings. The Hall–Kier alpha value is -1.39. The minimum Gasteiger partial charge on any atom is -0.469 e. The highest BCUT2D eigenvalue weighted by atomic mass is 16.5. The number of aldehydes is 1. The first-order valence-electron chi connectivity index (χ1n) is 4.25. The molecule has 0 aromatic heterocycles. The smallest absolute Gasteiger partial charge is 0.306 e. The van der Waals surface area contributed by atoms with E-state index in [1.54, 1.807) is 0 Å². The lowest BCUT2D eigenvalue weighted by molar-refractivity contribution is -0.143. The zero-order valence-corrected chi connectivity index (χ0v) is 8.32. The van der Waals surface area contributed by atoms with Crippen LogP contribution in [0.2, 0.25) is 0 Å². The molecular weight excluding hydrogens is 188 g/mol. The first kappa shape index (κ1) is 12.6. The van der Waals surface area contributed by atoms with Crippen molar-refractivity contribution < 1.29 is 23.9 Å². The van der Waals surface area contributed by atoms with Crippen LogP contribution in [0.4, 0.5) is 0 Å². The zero-order chi connectivity index (χ0) is 11.0. The fourth-order valence-electron chi connectivity index (χ4n) is 0.870. The molecule has 0 saturated carbocycles. The lowest BCUT2D eigenvalue weighted by atomic mass is 10.0. The standard InChI is InChI=1S/C9H14O5/c1-7(11)14-4-3-8(6-10)5-9(12)13-2/h6,8H,3-5H2,1-2H3. The molecule has 5 heteroatoms. The van der Waals surface area contributed by atoms with E-state index in [2.05, 4.69) is 9.47 Å². The van der Waals surface area contributed by atoms with Crippen molar-refractivity contribution in [1.82, 2.24) is 0 Å². The van der Waals surface area contributed by atoms with Gasteiger partial charge in [0.2, 0.25) is 0 Å². The Kier molecular flexibility index (Phi) is 6.36. The number of hydrogen-bond donors (Lipinski definition) is 0. The van der Waals surface area contributed by atoms with Crippen LogP contribution in [-0.2, 0) is 23.9 Å². The molecule has 1 atom stereocenters. The number of ether oxygens (including phenoxy) is 2. The van der Waals surface area contributed by atoms with E-state index in [0.29, 0.717) is 12.7 Å². The van der Waals surface area contributed by atoms with Gasteiger partial charge in [-0.15, -0.1) is 0 Å². The predicted octanol–water partition coefficient (Wildman–Crippen LogP) is 0.318. The van der Waals surface area contributed by atoms with Crippen molar-refractivity contribution in [2.45, 2.75) is 19.8 Å². The van der Waals surface area contributed by atoms with Gasteiger partial charge in [-0.25, -0.2) is 0 Å². The van der Waals surface area contributed by atoms with Crippen molar-refractivity contribution in [1.29, 1.82) is 0 Å². The molecule has 0 rings (SSSR count). The Morgan fingerprint density at radius 3 is 2.50 bits per heavy atom. The predicted molar refractivity (Wildman–Crippen MR) is 47.4 cm³/mol. The van der Waals surface area contributed by atoms with E-state index in [-0.39, 0.29) is 13.0 Å². The van der Waals surface area contributed by atoms with Crippen molar-refractivity contribution in [3.63, 3.8) is 0 Å². The highest BCUT2D eigenvalue weighted by Gasteiger charge is 2.13. The SMILES string of the molecule is COC(=O)CC(C=O)CCOC(C)=O. The summed E-state index contributed by atoms with van der Waals surface area (Å²) in [5, 5.41) is 0. The maximum absolute atomic E-state index is 10.8. The molecule has 0 N–H and O–H groups in total. The minimum atomic E-state index is -0.443. The van der Waals surface area contributed by atoms with E-state index in [4.69, 9.17) is 0 Å².